The molecule has 3 rings (SSSR count). The lowest BCUT2D eigenvalue weighted by molar-refractivity contribution is 0.304. The van der Waals surface area contributed by atoms with Gasteiger partial charge in [0.25, 0.3) is 0 Å². The normalized spacial score (nSPS) is 15.3. The van der Waals surface area contributed by atoms with Crippen molar-refractivity contribution in [3.63, 3.8) is 0 Å². The van der Waals surface area contributed by atoms with E-state index in [-0.39, 0.29) is 0 Å². The van der Waals surface area contributed by atoms with Crippen LogP contribution in [0.15, 0.2) is 21.3 Å². The Morgan fingerprint density at radius 1 is 1.47 bits per heavy atom. The first-order valence-electron chi connectivity index (χ1n) is 5.77. The van der Waals surface area contributed by atoms with E-state index in [1.54, 1.807) is 12.1 Å². The first-order chi connectivity index (χ1) is 8.22. The number of nitrogens with two attached hydrogens (primary N) is 1. The second-order valence-corrected chi connectivity index (χ2v) is 4.48. The van der Waals surface area contributed by atoms with Gasteiger partial charge >= 0.3 is 5.76 Å². The van der Waals surface area contributed by atoms with Crippen molar-refractivity contribution in [2.75, 3.05) is 12.3 Å². The number of aromatic amines is 1. The smallest absolute Gasteiger partial charge is 0.417 e. The van der Waals surface area contributed by atoms with Gasteiger partial charge in [-0.3, -0.25) is 4.98 Å². The van der Waals surface area contributed by atoms with Crippen LogP contribution in [0.25, 0.3) is 11.1 Å². The van der Waals surface area contributed by atoms with Crippen LogP contribution in [0.5, 0.6) is 5.75 Å². The minimum Gasteiger partial charge on any atom is -0.491 e. The Morgan fingerprint density at radius 2 is 2.29 bits per heavy atom. The lowest BCUT2D eigenvalue weighted by Gasteiger charge is -2.07. The fraction of sp³-hybridized carbons (Fsp3) is 0.417. The summed E-state index contributed by atoms with van der Waals surface area (Å²) in [4.78, 5) is 13.6. The minimum absolute atomic E-state index is 0.460. The number of benzene rings is 1. The average Bonchev–Trinajstić information content (AvgIpc) is 3.02. The summed E-state index contributed by atoms with van der Waals surface area (Å²) >= 11 is 0. The second-order valence-electron chi connectivity index (χ2n) is 4.48. The summed E-state index contributed by atoms with van der Waals surface area (Å²) in [5.41, 5.74) is 7.40. The van der Waals surface area contributed by atoms with E-state index in [0.717, 1.165) is 12.3 Å². The summed E-state index contributed by atoms with van der Waals surface area (Å²) in [6, 6.07) is 3.32. The van der Waals surface area contributed by atoms with Gasteiger partial charge in [0, 0.05) is 12.1 Å². The van der Waals surface area contributed by atoms with Gasteiger partial charge in [-0.15, -0.1) is 0 Å². The number of fused-ring (bicyclic) bond motifs is 1. The lowest BCUT2D eigenvalue weighted by atomic mass is 10.2. The molecule has 1 aliphatic carbocycles. The third-order valence-electron chi connectivity index (χ3n) is 3.03. The number of rotatable bonds is 4. The van der Waals surface area contributed by atoms with Crippen molar-refractivity contribution < 1.29 is 9.15 Å². The highest BCUT2D eigenvalue weighted by Crippen LogP contribution is 2.33. The summed E-state index contributed by atoms with van der Waals surface area (Å²) in [6.07, 6.45) is 3.69. The molecule has 5 heteroatoms. The Morgan fingerprint density at radius 3 is 3.06 bits per heavy atom. The largest absolute Gasteiger partial charge is 0.491 e. The van der Waals surface area contributed by atoms with Gasteiger partial charge in [0.1, 0.15) is 5.75 Å². The fourth-order valence-corrected chi connectivity index (χ4v) is 1.86. The number of oxazole rings is 1. The highest BCUT2D eigenvalue weighted by molar-refractivity contribution is 5.80. The Balaban J connectivity index is 1.81. The van der Waals surface area contributed by atoms with Crippen LogP contribution in [-0.2, 0) is 0 Å². The molecule has 0 aliphatic heterocycles. The first-order valence-corrected chi connectivity index (χ1v) is 5.77. The van der Waals surface area contributed by atoms with E-state index in [9.17, 15) is 4.79 Å². The molecule has 1 saturated carbocycles. The standard InChI is InChI=1S/C12H14N2O3/c13-8-5-11-9(14-12(15)17-11)6-10(8)16-4-3-7-1-2-7/h5-7H,1-4,13H2,(H,14,15). The number of hydrogen-bond acceptors (Lipinski definition) is 4. The Bertz CT molecular complexity index is 595. The molecule has 5 nitrogen and oxygen atoms in total. The number of ether oxygens (including phenoxy) is 1. The molecule has 1 aromatic carbocycles. The van der Waals surface area contributed by atoms with E-state index in [1.807, 2.05) is 0 Å². The Hall–Kier alpha value is -1.91. The Kier molecular flexibility index (Phi) is 2.31. The second kappa shape index (κ2) is 3.84. The van der Waals surface area contributed by atoms with E-state index >= 15 is 0 Å². The van der Waals surface area contributed by atoms with Crippen molar-refractivity contribution in [2.45, 2.75) is 19.3 Å². The summed E-state index contributed by atoms with van der Waals surface area (Å²) in [5.74, 6) is 0.957. The first kappa shape index (κ1) is 10.3. The van der Waals surface area contributed by atoms with Gasteiger partial charge in [-0.2, -0.15) is 0 Å². The van der Waals surface area contributed by atoms with Crippen LogP contribution in [0, 0.1) is 5.92 Å². The highest BCUT2D eigenvalue weighted by Gasteiger charge is 2.20. The summed E-state index contributed by atoms with van der Waals surface area (Å²) in [7, 11) is 0. The van der Waals surface area contributed by atoms with Gasteiger partial charge in [0.15, 0.2) is 5.58 Å². The zero-order chi connectivity index (χ0) is 11.8. The van der Waals surface area contributed by atoms with Crippen molar-refractivity contribution in [2.24, 2.45) is 5.92 Å². The predicted molar refractivity (Wildman–Crippen MR) is 64.1 cm³/mol. The van der Waals surface area contributed by atoms with Crippen molar-refractivity contribution in [3.8, 4) is 5.75 Å². The van der Waals surface area contributed by atoms with Gasteiger partial charge in [-0.25, -0.2) is 4.79 Å². The summed E-state index contributed by atoms with van der Waals surface area (Å²) in [6.45, 7) is 0.669. The molecule has 3 N–H and O–H groups in total. The van der Waals surface area contributed by atoms with Crippen molar-refractivity contribution >= 4 is 16.8 Å². The molecule has 0 atom stereocenters. The van der Waals surface area contributed by atoms with Crippen LogP contribution in [0.3, 0.4) is 0 Å². The maximum absolute atomic E-state index is 11.0. The fourth-order valence-electron chi connectivity index (χ4n) is 1.86. The van der Waals surface area contributed by atoms with Gasteiger partial charge in [-0.05, 0) is 12.3 Å². The van der Waals surface area contributed by atoms with Crippen LogP contribution in [-0.4, -0.2) is 11.6 Å². The molecule has 17 heavy (non-hydrogen) atoms. The molecule has 0 saturated heterocycles. The third-order valence-corrected chi connectivity index (χ3v) is 3.03. The monoisotopic (exact) mass is 234 g/mol. The molecule has 2 aromatic rings. The molecule has 90 valence electrons. The van der Waals surface area contributed by atoms with E-state index < -0.39 is 5.76 Å². The van der Waals surface area contributed by atoms with Crippen LogP contribution in [0.1, 0.15) is 19.3 Å². The van der Waals surface area contributed by atoms with Crippen LogP contribution >= 0.6 is 0 Å². The van der Waals surface area contributed by atoms with E-state index in [4.69, 9.17) is 14.9 Å². The van der Waals surface area contributed by atoms with Gasteiger partial charge in [0.05, 0.1) is 17.8 Å². The number of hydrogen-bond donors (Lipinski definition) is 2. The zero-order valence-corrected chi connectivity index (χ0v) is 9.36. The van der Waals surface area contributed by atoms with Crippen molar-refractivity contribution in [3.05, 3.63) is 22.7 Å². The molecular formula is C12H14N2O3. The SMILES string of the molecule is Nc1cc2oc(=O)[nH]c2cc1OCCC1CC1. The molecule has 1 heterocycles. The third kappa shape index (κ3) is 2.13. The van der Waals surface area contributed by atoms with E-state index in [2.05, 4.69) is 4.98 Å². The maximum atomic E-state index is 11.0. The zero-order valence-electron chi connectivity index (χ0n) is 9.36. The van der Waals surface area contributed by atoms with Crippen molar-refractivity contribution in [1.82, 2.24) is 4.98 Å². The predicted octanol–water partition coefficient (Wildman–Crippen LogP) is 1.88. The highest BCUT2D eigenvalue weighted by atomic mass is 16.5. The number of nitrogen functional groups attached to an aromatic ring is 1. The summed E-state index contributed by atoms with van der Waals surface area (Å²) in [5, 5.41) is 0. The number of H-pyrrole nitrogens is 1. The van der Waals surface area contributed by atoms with Gasteiger partial charge in [-0.1, -0.05) is 12.8 Å². The van der Waals surface area contributed by atoms with Gasteiger partial charge < -0.3 is 14.9 Å². The molecule has 0 radical (unpaired) electrons. The molecular weight excluding hydrogens is 220 g/mol. The van der Waals surface area contributed by atoms with Crippen molar-refractivity contribution in [1.29, 1.82) is 0 Å². The maximum Gasteiger partial charge on any atom is 0.417 e. The number of nitrogens with one attached hydrogen (secondary N) is 1. The molecule has 1 aromatic heterocycles. The molecule has 0 bridgehead atoms. The molecule has 0 amide bonds. The Labute approximate surface area is 97.6 Å². The molecule has 1 aliphatic rings. The average molecular weight is 234 g/mol. The molecule has 1 fully saturated rings. The summed E-state index contributed by atoms with van der Waals surface area (Å²) < 4.78 is 10.5. The topological polar surface area (TPSA) is 81.2 Å². The van der Waals surface area contributed by atoms with Gasteiger partial charge in [0.2, 0.25) is 0 Å². The number of aromatic nitrogens is 1. The van der Waals surface area contributed by atoms with Crippen LogP contribution in [0.4, 0.5) is 5.69 Å². The lowest BCUT2D eigenvalue weighted by Crippen LogP contribution is -2.01. The number of anilines is 1. The minimum atomic E-state index is -0.477. The van der Waals surface area contributed by atoms with E-state index in [1.165, 1.54) is 12.8 Å². The quantitative estimate of drug-likeness (QED) is 0.791. The molecule has 0 spiro atoms. The van der Waals surface area contributed by atoms with Crippen LogP contribution < -0.4 is 16.2 Å². The molecule has 0 unspecified atom stereocenters. The van der Waals surface area contributed by atoms with E-state index in [0.29, 0.717) is 29.1 Å². The van der Waals surface area contributed by atoms with Crippen LogP contribution in [0.2, 0.25) is 0 Å².